The van der Waals surface area contributed by atoms with E-state index in [0.29, 0.717) is 0 Å². The van der Waals surface area contributed by atoms with Gasteiger partial charge in [0.2, 0.25) is 0 Å². The standard InChI is InChI=1S/C48H31N.2C46H28N2O/c1-2-14-35(15-3-1)49-46-24-22-32(27-44(46)45-29-42-34(28-47(45)49)25-33-12-5-7-17-37(33)42)31-21-23-41-43(26-31)38-18-8-9-19-40(38)48(41)39-20-10-13-30-11-4-6-16-36(30)39;1-2-13-32(14-3-1)47-42-25-21-31(28-39(42)36-23-24-37-35-17-7-9-20-44(35)49-46(37)45(36)47)30-22-26-43-38(27-30)34-16-6-8-18-41(34)48(43)40-19-10-12-29-11-4-5-15-33(29)40;1-2-13-32(14-3-1)47-41-24-21-31(28-38(41)35-23-26-44-45(46(35)47)36-17-7-9-20-43(36)49-44)30-22-25-42-37(27-30)34-16-6-8-18-40(34)48(42)39-19-10-12-29-11-4-5-15-33(29)39/h1-24,26-29,48H,25H2;2*1-28H. The van der Waals surface area contributed by atoms with Crippen LogP contribution in [0.5, 0.6) is 0 Å². The molecule has 0 saturated carbocycles. The number of nitrogens with zero attached hydrogens (tertiary/aromatic N) is 5. The summed E-state index contributed by atoms with van der Waals surface area (Å²) in [6, 6.07) is 186. The number of para-hydroxylation sites is 7. The van der Waals surface area contributed by atoms with Crippen LogP contribution in [0, 0.1) is 0 Å². The Bertz CT molecular complexity index is 10900. The first kappa shape index (κ1) is 82.4. The predicted octanol–water partition coefficient (Wildman–Crippen LogP) is 37.5. The number of fused-ring (bicyclic) bond motifs is 32. The summed E-state index contributed by atoms with van der Waals surface area (Å²) in [6.45, 7) is 0. The van der Waals surface area contributed by atoms with Crippen molar-refractivity contribution in [3.63, 3.8) is 0 Å². The van der Waals surface area contributed by atoms with Gasteiger partial charge in [0.1, 0.15) is 16.7 Å². The molecule has 0 amide bonds. The molecule has 1 unspecified atom stereocenters. The van der Waals surface area contributed by atoms with Gasteiger partial charge in [-0.3, -0.25) is 0 Å². The van der Waals surface area contributed by atoms with Gasteiger partial charge in [-0.2, -0.15) is 0 Å². The maximum absolute atomic E-state index is 6.60. The summed E-state index contributed by atoms with van der Waals surface area (Å²) < 4.78 is 25.0. The van der Waals surface area contributed by atoms with Crippen molar-refractivity contribution in [2.45, 2.75) is 12.3 Å². The minimum absolute atomic E-state index is 0.211. The summed E-state index contributed by atoms with van der Waals surface area (Å²) in [4.78, 5) is 0. The highest BCUT2D eigenvalue weighted by molar-refractivity contribution is 6.27. The number of furan rings is 2. The molecule has 0 fully saturated rings. The number of benzene rings is 24. The Morgan fingerprint density at radius 2 is 0.558 bits per heavy atom. The number of rotatable bonds is 9. The topological polar surface area (TPSA) is 50.9 Å². The molecule has 0 aliphatic heterocycles. The second kappa shape index (κ2) is 32.6. The smallest absolute Gasteiger partial charge is 0.160 e. The molecule has 7 heteroatoms. The van der Waals surface area contributed by atoms with E-state index in [1.54, 1.807) is 0 Å². The van der Waals surface area contributed by atoms with Crippen LogP contribution >= 0.6 is 0 Å². The fourth-order valence-electron chi connectivity index (χ4n) is 25.2. The zero-order valence-electron chi connectivity index (χ0n) is 79.8. The molecule has 0 N–H and O–H groups in total. The molecule has 2 aliphatic rings. The van der Waals surface area contributed by atoms with E-state index in [2.05, 4.69) is 520 Å². The van der Waals surface area contributed by atoms with Crippen molar-refractivity contribution in [3.8, 4) is 84.1 Å². The summed E-state index contributed by atoms with van der Waals surface area (Å²) in [5, 5.41) is 24.6. The SMILES string of the molecule is c1ccc(-n2c3ccc(-c4ccc5c(c4)-c4ccccc4C5c4cccc5ccccc45)cc3c3cc4c(cc32)Cc2ccccc2-4)cc1.c1ccc(-n2c3ccc(-c4ccc5c(c4)c4ccccc4n5-c4cccc5ccccc45)cc3c3ccc4c5ccccc5oc4c32)cc1.c1ccc(-n2c3ccc(-c4ccc5c(c4)c4ccccc4n5-c4cccc5ccccc45)cc3c3ccc4oc5ccccc5c4c32)cc1. The summed E-state index contributed by atoms with van der Waals surface area (Å²) in [5.74, 6) is 0.211. The van der Waals surface area contributed by atoms with E-state index in [-0.39, 0.29) is 5.92 Å². The number of hydrogen-bond acceptors (Lipinski definition) is 2. The zero-order chi connectivity index (χ0) is 96.2. The predicted molar refractivity (Wildman–Crippen MR) is 615 cm³/mol. The van der Waals surface area contributed by atoms with Gasteiger partial charge in [-0.1, -0.05) is 340 Å². The van der Waals surface area contributed by atoms with Crippen molar-refractivity contribution in [2.24, 2.45) is 0 Å². The van der Waals surface area contributed by atoms with Crippen molar-refractivity contribution in [2.75, 3.05) is 0 Å². The highest BCUT2D eigenvalue weighted by Crippen LogP contribution is 2.54. The first-order valence-electron chi connectivity index (χ1n) is 50.8. The van der Waals surface area contributed by atoms with Crippen LogP contribution in [0.15, 0.2) is 518 Å². The molecule has 147 heavy (non-hydrogen) atoms. The molecule has 1 atom stereocenters. The van der Waals surface area contributed by atoms with E-state index < -0.39 is 0 Å². The highest BCUT2D eigenvalue weighted by Gasteiger charge is 2.33. The quantitative estimate of drug-likeness (QED) is 0.145. The average molecular weight is 1870 g/mol. The molecule has 7 heterocycles. The lowest BCUT2D eigenvalue weighted by molar-refractivity contribution is 0.669. The lowest BCUT2D eigenvalue weighted by Gasteiger charge is -2.17. The van der Waals surface area contributed by atoms with Crippen LogP contribution in [0.4, 0.5) is 0 Å². The third kappa shape index (κ3) is 12.7. The van der Waals surface area contributed by atoms with E-state index in [1.165, 1.54) is 231 Å². The molecular weight excluding hydrogens is 1780 g/mol. The molecule has 7 nitrogen and oxygen atoms in total. The third-order valence-electron chi connectivity index (χ3n) is 31.7. The molecule has 0 saturated heterocycles. The second-order valence-electron chi connectivity index (χ2n) is 39.5. The van der Waals surface area contributed by atoms with E-state index in [4.69, 9.17) is 8.83 Å². The molecule has 2 aliphatic carbocycles. The van der Waals surface area contributed by atoms with Crippen molar-refractivity contribution in [3.05, 3.63) is 537 Å². The summed E-state index contributed by atoms with van der Waals surface area (Å²) in [5.41, 5.74) is 41.1. The Balaban J connectivity index is 0.0000000999. The summed E-state index contributed by atoms with van der Waals surface area (Å²) >= 11 is 0. The van der Waals surface area contributed by atoms with Crippen LogP contribution in [0.25, 0.3) is 269 Å². The fraction of sp³-hybridized carbons (Fsp3) is 0.0143. The second-order valence-corrected chi connectivity index (χ2v) is 39.5. The maximum atomic E-state index is 6.60. The van der Waals surface area contributed by atoms with Crippen LogP contribution in [-0.4, -0.2) is 22.8 Å². The Labute approximate surface area is 844 Å². The largest absolute Gasteiger partial charge is 0.456 e. The van der Waals surface area contributed by atoms with E-state index in [1.807, 2.05) is 12.1 Å². The van der Waals surface area contributed by atoms with E-state index in [9.17, 15) is 0 Å². The Kier molecular flexibility index (Phi) is 18.3. The minimum Gasteiger partial charge on any atom is -0.456 e. The van der Waals surface area contributed by atoms with Gasteiger partial charge in [0.15, 0.2) is 5.58 Å². The molecule has 684 valence electrons. The molecule has 0 spiro atoms. The first-order valence-corrected chi connectivity index (χ1v) is 50.8. The van der Waals surface area contributed by atoms with Gasteiger partial charge in [0.05, 0.1) is 71.9 Å². The van der Waals surface area contributed by atoms with E-state index in [0.717, 1.165) is 72.7 Å². The van der Waals surface area contributed by atoms with Gasteiger partial charge in [0, 0.05) is 104 Å². The third-order valence-corrected chi connectivity index (χ3v) is 31.7. The van der Waals surface area contributed by atoms with Gasteiger partial charge in [-0.25, -0.2) is 0 Å². The molecule has 31 aromatic rings. The Morgan fingerprint density at radius 3 is 1.15 bits per heavy atom. The lowest BCUT2D eigenvalue weighted by atomic mass is 9.86. The first-order chi connectivity index (χ1) is 72.9. The molecule has 24 aromatic carbocycles. The maximum Gasteiger partial charge on any atom is 0.160 e. The van der Waals surface area contributed by atoms with Gasteiger partial charge < -0.3 is 31.7 Å². The minimum atomic E-state index is 0.211. The van der Waals surface area contributed by atoms with Crippen LogP contribution in [0.2, 0.25) is 0 Å². The van der Waals surface area contributed by atoms with Crippen molar-refractivity contribution < 1.29 is 8.83 Å². The molecular formula is C140H87N5O2. The Morgan fingerprint density at radius 1 is 0.177 bits per heavy atom. The molecule has 33 rings (SSSR count). The number of aromatic nitrogens is 5. The van der Waals surface area contributed by atoms with Gasteiger partial charge in [0.25, 0.3) is 0 Å². The van der Waals surface area contributed by atoms with Crippen molar-refractivity contribution >= 4 is 185 Å². The fourth-order valence-corrected chi connectivity index (χ4v) is 25.2. The monoisotopic (exact) mass is 1870 g/mol. The zero-order valence-corrected chi connectivity index (χ0v) is 79.8. The molecule has 7 aromatic heterocycles. The van der Waals surface area contributed by atoms with Crippen LogP contribution in [0.1, 0.15) is 33.7 Å². The Hall–Kier alpha value is -19.3. The lowest BCUT2D eigenvalue weighted by Crippen LogP contribution is -2.00. The highest BCUT2D eigenvalue weighted by atomic mass is 16.3. The normalized spacial score (nSPS) is 12.8. The molecule has 0 bridgehead atoms. The van der Waals surface area contributed by atoms with Crippen molar-refractivity contribution in [1.82, 2.24) is 22.8 Å². The summed E-state index contributed by atoms with van der Waals surface area (Å²) in [7, 11) is 0. The van der Waals surface area contributed by atoms with Gasteiger partial charge in [-0.15, -0.1) is 0 Å². The van der Waals surface area contributed by atoms with Crippen LogP contribution in [-0.2, 0) is 6.42 Å². The van der Waals surface area contributed by atoms with Crippen LogP contribution < -0.4 is 0 Å². The average Bonchev–Trinajstić information content (AvgIpc) is 1.54. The van der Waals surface area contributed by atoms with Crippen LogP contribution in [0.3, 0.4) is 0 Å². The molecule has 0 radical (unpaired) electrons. The van der Waals surface area contributed by atoms with Crippen molar-refractivity contribution in [1.29, 1.82) is 0 Å². The summed E-state index contributed by atoms with van der Waals surface area (Å²) in [6.07, 6.45) is 0.985. The van der Waals surface area contributed by atoms with Gasteiger partial charge in [-0.05, 0) is 281 Å². The van der Waals surface area contributed by atoms with E-state index >= 15 is 0 Å². The van der Waals surface area contributed by atoms with Gasteiger partial charge >= 0.3 is 0 Å². The number of hydrogen-bond donors (Lipinski definition) is 0.